The van der Waals surface area contributed by atoms with Gasteiger partial charge in [-0.3, -0.25) is 0 Å². The minimum absolute atomic E-state index is 0. The summed E-state index contributed by atoms with van der Waals surface area (Å²) in [6.07, 6.45) is 7.59. The highest BCUT2D eigenvalue weighted by Crippen LogP contribution is 2.36. The molecule has 1 aliphatic carbocycles. The molecular weight excluding hydrogens is 174 g/mol. The zero-order chi connectivity index (χ0) is 7.68. The average molecular weight is 192 g/mol. The zero-order valence-electron chi connectivity index (χ0n) is 7.37. The minimum Gasteiger partial charge on any atom is -0.373 e. The molecule has 2 fully saturated rings. The van der Waals surface area contributed by atoms with Crippen molar-refractivity contribution in [2.45, 2.75) is 44.3 Å². The summed E-state index contributed by atoms with van der Waals surface area (Å²) in [4.78, 5) is 0. The van der Waals surface area contributed by atoms with Crippen LogP contribution in [0.1, 0.15) is 32.1 Å². The first-order valence-electron chi connectivity index (χ1n) is 4.75. The number of hydrogen-bond acceptors (Lipinski definition) is 2. The van der Waals surface area contributed by atoms with Gasteiger partial charge in [-0.25, -0.2) is 0 Å². The molecule has 12 heavy (non-hydrogen) atoms. The second kappa shape index (κ2) is 4.45. The fourth-order valence-corrected chi connectivity index (χ4v) is 2.41. The quantitative estimate of drug-likeness (QED) is 0.685. The van der Waals surface area contributed by atoms with Crippen LogP contribution in [0.3, 0.4) is 0 Å². The molecule has 1 aliphatic heterocycles. The third kappa shape index (κ3) is 1.93. The van der Waals surface area contributed by atoms with Gasteiger partial charge in [0.15, 0.2) is 0 Å². The lowest BCUT2D eigenvalue weighted by Crippen LogP contribution is -2.22. The van der Waals surface area contributed by atoms with Crippen molar-refractivity contribution in [2.24, 2.45) is 11.7 Å². The van der Waals surface area contributed by atoms with Gasteiger partial charge in [-0.15, -0.1) is 12.4 Å². The van der Waals surface area contributed by atoms with Crippen molar-refractivity contribution in [2.75, 3.05) is 6.54 Å². The van der Waals surface area contributed by atoms with E-state index in [0.717, 1.165) is 5.92 Å². The van der Waals surface area contributed by atoms with Gasteiger partial charge in [0, 0.05) is 6.54 Å². The number of nitrogens with two attached hydrogens (primary N) is 1. The van der Waals surface area contributed by atoms with E-state index in [1.807, 2.05) is 0 Å². The maximum atomic E-state index is 5.79. The second-order valence-corrected chi connectivity index (χ2v) is 3.81. The number of ether oxygens (including phenoxy) is 1. The molecule has 0 spiro atoms. The first-order valence-corrected chi connectivity index (χ1v) is 4.75. The Hall–Kier alpha value is 0.210. The van der Waals surface area contributed by atoms with E-state index in [1.165, 1.54) is 32.1 Å². The summed E-state index contributed by atoms with van der Waals surface area (Å²) in [5.41, 5.74) is 5.56. The molecule has 0 bridgehead atoms. The largest absolute Gasteiger partial charge is 0.373 e. The molecule has 2 aliphatic rings. The van der Waals surface area contributed by atoms with Crippen LogP contribution < -0.4 is 5.73 Å². The van der Waals surface area contributed by atoms with Gasteiger partial charge in [0.05, 0.1) is 12.2 Å². The molecule has 3 atom stereocenters. The van der Waals surface area contributed by atoms with E-state index >= 15 is 0 Å². The molecule has 0 aromatic carbocycles. The van der Waals surface area contributed by atoms with E-state index in [2.05, 4.69) is 0 Å². The molecule has 0 amide bonds. The molecule has 3 heteroatoms. The fourth-order valence-electron chi connectivity index (χ4n) is 2.41. The first kappa shape index (κ1) is 10.3. The standard InChI is InChI=1S/C9H17NO.ClH/c10-6-8-5-7-3-1-2-4-9(7)11-8;/h7-9H,1-6,10H2;1H/t7-,8?,9+;/m0./s1. The summed E-state index contributed by atoms with van der Waals surface area (Å²) in [6, 6.07) is 0. The second-order valence-electron chi connectivity index (χ2n) is 3.81. The summed E-state index contributed by atoms with van der Waals surface area (Å²) >= 11 is 0. The van der Waals surface area contributed by atoms with Crippen LogP contribution in [-0.2, 0) is 4.74 Å². The number of hydrogen-bond donors (Lipinski definition) is 1. The van der Waals surface area contributed by atoms with E-state index in [9.17, 15) is 0 Å². The van der Waals surface area contributed by atoms with Gasteiger partial charge in [0.25, 0.3) is 0 Å². The summed E-state index contributed by atoms with van der Waals surface area (Å²) in [5.74, 6) is 0.845. The SMILES string of the molecule is Cl.NCC1C[C@@H]2CCCC[C@H]2O1. The molecule has 2 nitrogen and oxygen atoms in total. The van der Waals surface area contributed by atoms with Gasteiger partial charge in [-0.2, -0.15) is 0 Å². The fraction of sp³-hybridized carbons (Fsp3) is 1.00. The Kier molecular flexibility index (Phi) is 3.81. The number of fused-ring (bicyclic) bond motifs is 1. The topological polar surface area (TPSA) is 35.2 Å². The number of halogens is 1. The highest BCUT2D eigenvalue weighted by Gasteiger charge is 2.35. The van der Waals surface area contributed by atoms with Crippen molar-refractivity contribution in [3.05, 3.63) is 0 Å². The van der Waals surface area contributed by atoms with Crippen molar-refractivity contribution >= 4 is 12.4 Å². The predicted octanol–water partition coefficient (Wildman–Crippen LogP) is 1.71. The van der Waals surface area contributed by atoms with Crippen LogP contribution in [0.15, 0.2) is 0 Å². The molecule has 1 saturated carbocycles. The monoisotopic (exact) mass is 191 g/mol. The highest BCUT2D eigenvalue weighted by molar-refractivity contribution is 5.85. The molecule has 1 heterocycles. The summed E-state index contributed by atoms with van der Waals surface area (Å²) in [5, 5.41) is 0. The Morgan fingerprint density at radius 3 is 2.67 bits per heavy atom. The van der Waals surface area contributed by atoms with Gasteiger partial charge in [0.2, 0.25) is 0 Å². The Morgan fingerprint density at radius 1 is 1.25 bits per heavy atom. The zero-order valence-corrected chi connectivity index (χ0v) is 8.19. The van der Waals surface area contributed by atoms with Crippen molar-refractivity contribution in [1.29, 1.82) is 0 Å². The molecule has 0 aromatic rings. The van der Waals surface area contributed by atoms with Crippen molar-refractivity contribution in [3.63, 3.8) is 0 Å². The van der Waals surface area contributed by atoms with Gasteiger partial charge in [0.1, 0.15) is 0 Å². The van der Waals surface area contributed by atoms with Gasteiger partial charge in [-0.05, 0) is 25.2 Å². The number of rotatable bonds is 1. The van der Waals surface area contributed by atoms with Crippen LogP contribution in [0.5, 0.6) is 0 Å². The van der Waals surface area contributed by atoms with Crippen molar-refractivity contribution < 1.29 is 4.74 Å². The molecule has 1 unspecified atom stereocenters. The average Bonchev–Trinajstić information content (AvgIpc) is 2.46. The third-order valence-electron chi connectivity index (χ3n) is 3.04. The normalized spacial score (nSPS) is 40.2. The molecule has 2 N–H and O–H groups in total. The first-order chi connectivity index (χ1) is 5.40. The van der Waals surface area contributed by atoms with Crippen LogP contribution in [-0.4, -0.2) is 18.8 Å². The summed E-state index contributed by atoms with van der Waals surface area (Å²) < 4.78 is 5.79. The summed E-state index contributed by atoms with van der Waals surface area (Å²) in [7, 11) is 0. The van der Waals surface area contributed by atoms with Crippen LogP contribution in [0.4, 0.5) is 0 Å². The predicted molar refractivity (Wildman–Crippen MR) is 51.5 cm³/mol. The smallest absolute Gasteiger partial charge is 0.0704 e. The highest BCUT2D eigenvalue weighted by atomic mass is 35.5. The van der Waals surface area contributed by atoms with E-state index in [4.69, 9.17) is 10.5 Å². The summed E-state index contributed by atoms with van der Waals surface area (Å²) in [6.45, 7) is 0.715. The van der Waals surface area contributed by atoms with E-state index in [1.54, 1.807) is 0 Å². The van der Waals surface area contributed by atoms with Gasteiger partial charge >= 0.3 is 0 Å². The van der Waals surface area contributed by atoms with Crippen LogP contribution >= 0.6 is 12.4 Å². The Morgan fingerprint density at radius 2 is 2.00 bits per heavy atom. The van der Waals surface area contributed by atoms with Crippen molar-refractivity contribution in [1.82, 2.24) is 0 Å². The third-order valence-corrected chi connectivity index (χ3v) is 3.04. The van der Waals surface area contributed by atoms with Crippen LogP contribution in [0.25, 0.3) is 0 Å². The molecule has 2 rings (SSSR count). The lowest BCUT2D eigenvalue weighted by molar-refractivity contribution is 0.0231. The Balaban J connectivity index is 0.000000720. The molecule has 1 saturated heterocycles. The van der Waals surface area contributed by atoms with Crippen LogP contribution in [0.2, 0.25) is 0 Å². The lowest BCUT2D eigenvalue weighted by Gasteiger charge is -2.23. The van der Waals surface area contributed by atoms with E-state index < -0.39 is 0 Å². The Labute approximate surface area is 80.3 Å². The van der Waals surface area contributed by atoms with E-state index in [-0.39, 0.29) is 12.4 Å². The molecule has 72 valence electrons. The van der Waals surface area contributed by atoms with Crippen molar-refractivity contribution in [3.8, 4) is 0 Å². The van der Waals surface area contributed by atoms with Crippen LogP contribution in [0, 0.1) is 5.92 Å². The molecule has 0 aromatic heterocycles. The van der Waals surface area contributed by atoms with Gasteiger partial charge < -0.3 is 10.5 Å². The maximum absolute atomic E-state index is 5.79. The molecule has 0 radical (unpaired) electrons. The minimum atomic E-state index is 0. The Bertz CT molecular complexity index is 128. The maximum Gasteiger partial charge on any atom is 0.0704 e. The van der Waals surface area contributed by atoms with Gasteiger partial charge in [-0.1, -0.05) is 12.8 Å². The lowest BCUT2D eigenvalue weighted by atomic mass is 9.85. The van der Waals surface area contributed by atoms with E-state index in [0.29, 0.717) is 18.8 Å². The molecular formula is C9H18ClNO.